The third kappa shape index (κ3) is 4.97. The van der Waals surface area contributed by atoms with E-state index in [4.69, 9.17) is 5.26 Å². The molecule has 0 unspecified atom stereocenters. The molecule has 0 saturated heterocycles. The zero-order chi connectivity index (χ0) is 16.7. The smallest absolute Gasteiger partial charge is 0.226 e. The van der Waals surface area contributed by atoms with Crippen LogP contribution >= 0.6 is 0 Å². The lowest BCUT2D eigenvalue weighted by molar-refractivity contribution is -0.115. The summed E-state index contributed by atoms with van der Waals surface area (Å²) in [7, 11) is 0. The SMILES string of the molecule is CC(=O)c1ccc(NCCC(=O)Nc2ccc(C#N)cc2)cc1. The number of nitriles is 1. The maximum absolute atomic E-state index is 11.8. The minimum absolute atomic E-state index is 0.0262. The Hall–Kier alpha value is -3.13. The van der Waals surface area contributed by atoms with Gasteiger partial charge in [-0.05, 0) is 55.5 Å². The van der Waals surface area contributed by atoms with Gasteiger partial charge in [0.25, 0.3) is 0 Å². The van der Waals surface area contributed by atoms with E-state index in [0.29, 0.717) is 29.8 Å². The van der Waals surface area contributed by atoms with Crippen molar-refractivity contribution in [2.24, 2.45) is 0 Å². The van der Waals surface area contributed by atoms with Gasteiger partial charge in [-0.25, -0.2) is 0 Å². The topological polar surface area (TPSA) is 82.0 Å². The Morgan fingerprint density at radius 2 is 1.61 bits per heavy atom. The van der Waals surface area contributed by atoms with Crippen molar-refractivity contribution in [3.8, 4) is 6.07 Å². The molecule has 23 heavy (non-hydrogen) atoms. The summed E-state index contributed by atoms with van der Waals surface area (Å²) in [5, 5.41) is 14.6. The van der Waals surface area contributed by atoms with Crippen molar-refractivity contribution in [2.45, 2.75) is 13.3 Å². The molecule has 0 spiro atoms. The standard InChI is InChI=1S/C18H17N3O2/c1-13(22)15-4-8-16(9-5-15)20-11-10-18(23)21-17-6-2-14(12-19)3-7-17/h2-9,20H,10-11H2,1H3,(H,21,23). The van der Waals surface area contributed by atoms with Gasteiger partial charge in [0, 0.05) is 29.9 Å². The van der Waals surface area contributed by atoms with Crippen molar-refractivity contribution >= 4 is 23.1 Å². The Bertz CT molecular complexity index is 728. The van der Waals surface area contributed by atoms with E-state index in [1.54, 1.807) is 36.4 Å². The molecule has 2 rings (SSSR count). The predicted molar refractivity (Wildman–Crippen MR) is 89.3 cm³/mol. The van der Waals surface area contributed by atoms with Crippen molar-refractivity contribution in [3.63, 3.8) is 0 Å². The zero-order valence-electron chi connectivity index (χ0n) is 12.8. The number of anilines is 2. The minimum Gasteiger partial charge on any atom is -0.385 e. The van der Waals surface area contributed by atoms with Crippen molar-refractivity contribution in [1.82, 2.24) is 0 Å². The first kappa shape index (κ1) is 16.2. The number of ketones is 1. The third-order valence-corrected chi connectivity index (χ3v) is 3.27. The molecule has 0 aliphatic carbocycles. The number of hydrogen-bond acceptors (Lipinski definition) is 4. The highest BCUT2D eigenvalue weighted by atomic mass is 16.1. The minimum atomic E-state index is -0.109. The second kappa shape index (κ2) is 7.76. The fourth-order valence-electron chi connectivity index (χ4n) is 1.99. The Morgan fingerprint density at radius 1 is 1.00 bits per heavy atom. The van der Waals surface area contributed by atoms with Crippen LogP contribution in [0.5, 0.6) is 0 Å². The number of Topliss-reactive ketones (excluding diaryl/α,β-unsaturated/α-hetero) is 1. The van der Waals surface area contributed by atoms with E-state index in [1.165, 1.54) is 6.92 Å². The van der Waals surface area contributed by atoms with Gasteiger partial charge >= 0.3 is 0 Å². The number of carbonyl (C=O) groups excluding carboxylic acids is 2. The van der Waals surface area contributed by atoms with E-state index in [-0.39, 0.29) is 11.7 Å². The lowest BCUT2D eigenvalue weighted by atomic mass is 10.1. The molecule has 0 saturated carbocycles. The lowest BCUT2D eigenvalue weighted by Gasteiger charge is -2.08. The van der Waals surface area contributed by atoms with Gasteiger partial charge in [0.2, 0.25) is 5.91 Å². The summed E-state index contributed by atoms with van der Waals surface area (Å²) in [6, 6.07) is 15.9. The number of carbonyl (C=O) groups is 2. The first-order valence-corrected chi connectivity index (χ1v) is 7.23. The molecule has 0 aromatic heterocycles. The lowest BCUT2D eigenvalue weighted by Crippen LogP contribution is -2.16. The molecule has 0 bridgehead atoms. The van der Waals surface area contributed by atoms with E-state index in [2.05, 4.69) is 10.6 Å². The summed E-state index contributed by atoms with van der Waals surface area (Å²) < 4.78 is 0. The van der Waals surface area contributed by atoms with Crippen molar-refractivity contribution in [1.29, 1.82) is 5.26 Å². The van der Waals surface area contributed by atoms with Crippen LogP contribution in [0.25, 0.3) is 0 Å². The van der Waals surface area contributed by atoms with Crippen LogP contribution in [0.2, 0.25) is 0 Å². The molecule has 2 N–H and O–H groups in total. The maximum atomic E-state index is 11.8. The van der Waals surface area contributed by atoms with Crippen LogP contribution in [-0.2, 0) is 4.79 Å². The molecule has 0 atom stereocenters. The van der Waals surface area contributed by atoms with Crippen LogP contribution in [0.3, 0.4) is 0 Å². The van der Waals surface area contributed by atoms with Gasteiger partial charge < -0.3 is 10.6 Å². The number of rotatable bonds is 6. The monoisotopic (exact) mass is 307 g/mol. The highest BCUT2D eigenvalue weighted by molar-refractivity contribution is 5.94. The van der Waals surface area contributed by atoms with Gasteiger partial charge in [0.1, 0.15) is 0 Å². The highest BCUT2D eigenvalue weighted by Crippen LogP contribution is 2.11. The largest absolute Gasteiger partial charge is 0.385 e. The molecule has 0 radical (unpaired) electrons. The first-order valence-electron chi connectivity index (χ1n) is 7.23. The zero-order valence-corrected chi connectivity index (χ0v) is 12.8. The number of nitrogens with one attached hydrogen (secondary N) is 2. The van der Waals surface area contributed by atoms with E-state index in [0.717, 1.165) is 5.69 Å². The first-order chi connectivity index (χ1) is 11.1. The van der Waals surface area contributed by atoms with Crippen LogP contribution in [0.15, 0.2) is 48.5 Å². The number of hydrogen-bond donors (Lipinski definition) is 2. The molecule has 0 heterocycles. The van der Waals surface area contributed by atoms with Crippen LogP contribution in [0.1, 0.15) is 29.3 Å². The molecule has 5 nitrogen and oxygen atoms in total. The van der Waals surface area contributed by atoms with E-state index >= 15 is 0 Å². The van der Waals surface area contributed by atoms with Crippen LogP contribution in [-0.4, -0.2) is 18.2 Å². The highest BCUT2D eigenvalue weighted by Gasteiger charge is 2.03. The molecular formula is C18H17N3O2. The van der Waals surface area contributed by atoms with Gasteiger partial charge in [-0.1, -0.05) is 0 Å². The van der Waals surface area contributed by atoms with Gasteiger partial charge in [-0.3, -0.25) is 9.59 Å². The average molecular weight is 307 g/mol. The van der Waals surface area contributed by atoms with Crippen molar-refractivity contribution in [2.75, 3.05) is 17.2 Å². The number of amides is 1. The second-order valence-corrected chi connectivity index (χ2v) is 5.05. The summed E-state index contributed by atoms with van der Waals surface area (Å²) in [5.41, 5.74) is 2.74. The van der Waals surface area contributed by atoms with Gasteiger partial charge in [0.05, 0.1) is 11.6 Å². The average Bonchev–Trinajstić information content (AvgIpc) is 2.56. The fraction of sp³-hybridized carbons (Fsp3) is 0.167. The normalized spacial score (nSPS) is 9.74. The Balaban J connectivity index is 1.78. The Labute approximate surface area is 134 Å². The summed E-state index contributed by atoms with van der Waals surface area (Å²) in [4.78, 5) is 23.0. The predicted octanol–water partition coefficient (Wildman–Crippen LogP) is 3.20. The van der Waals surface area contributed by atoms with Gasteiger partial charge in [0.15, 0.2) is 5.78 Å². The van der Waals surface area contributed by atoms with Gasteiger partial charge in [-0.15, -0.1) is 0 Å². The van der Waals surface area contributed by atoms with Crippen LogP contribution in [0, 0.1) is 11.3 Å². The molecule has 2 aromatic rings. The molecular weight excluding hydrogens is 290 g/mol. The molecule has 0 aliphatic heterocycles. The summed E-state index contributed by atoms with van der Waals surface area (Å²) in [6.45, 7) is 2.01. The molecule has 0 fully saturated rings. The van der Waals surface area contributed by atoms with E-state index < -0.39 is 0 Å². The molecule has 5 heteroatoms. The number of benzene rings is 2. The second-order valence-electron chi connectivity index (χ2n) is 5.05. The van der Waals surface area contributed by atoms with Crippen molar-refractivity contribution < 1.29 is 9.59 Å². The quantitative estimate of drug-likeness (QED) is 0.803. The Morgan fingerprint density at radius 3 is 2.17 bits per heavy atom. The Kier molecular flexibility index (Phi) is 5.48. The number of nitrogens with zero attached hydrogens (tertiary/aromatic N) is 1. The fourth-order valence-corrected chi connectivity index (χ4v) is 1.99. The summed E-state index contributed by atoms with van der Waals surface area (Å²) in [5.74, 6) is -0.0825. The molecule has 2 aromatic carbocycles. The van der Waals surface area contributed by atoms with Gasteiger partial charge in [-0.2, -0.15) is 5.26 Å². The third-order valence-electron chi connectivity index (χ3n) is 3.27. The summed E-state index contributed by atoms with van der Waals surface area (Å²) >= 11 is 0. The van der Waals surface area contributed by atoms with Crippen LogP contribution < -0.4 is 10.6 Å². The van der Waals surface area contributed by atoms with E-state index in [1.807, 2.05) is 18.2 Å². The molecule has 116 valence electrons. The molecule has 1 amide bonds. The van der Waals surface area contributed by atoms with E-state index in [9.17, 15) is 9.59 Å². The molecule has 0 aliphatic rings. The summed E-state index contributed by atoms with van der Waals surface area (Å²) in [6.07, 6.45) is 0.314. The van der Waals surface area contributed by atoms with Crippen LogP contribution in [0.4, 0.5) is 11.4 Å². The van der Waals surface area contributed by atoms with Crippen molar-refractivity contribution in [3.05, 3.63) is 59.7 Å². The maximum Gasteiger partial charge on any atom is 0.226 e.